The molecule has 0 aromatic rings. The number of nitrogens with zero attached hydrogens (tertiary/aromatic N) is 2. The average molecular weight is 144 g/mol. The SMILES string of the molecule is CC(C)(/C=N/O)C/C=N/O. The molecular weight excluding hydrogens is 132 g/mol. The zero-order chi connectivity index (χ0) is 8.04. The molecule has 0 saturated heterocycles. The number of oxime groups is 2. The fourth-order valence-electron chi connectivity index (χ4n) is 0.485. The van der Waals surface area contributed by atoms with Crippen LogP contribution in [0.3, 0.4) is 0 Å². The van der Waals surface area contributed by atoms with Gasteiger partial charge in [0.05, 0.1) is 0 Å². The molecule has 0 fully saturated rings. The van der Waals surface area contributed by atoms with Gasteiger partial charge in [0.15, 0.2) is 0 Å². The van der Waals surface area contributed by atoms with Crippen LogP contribution in [-0.4, -0.2) is 22.8 Å². The topological polar surface area (TPSA) is 65.2 Å². The first-order chi connectivity index (χ1) is 4.62. The van der Waals surface area contributed by atoms with Crippen LogP contribution in [0.15, 0.2) is 10.3 Å². The molecule has 0 aliphatic heterocycles. The van der Waals surface area contributed by atoms with Crippen LogP contribution in [0.25, 0.3) is 0 Å². The van der Waals surface area contributed by atoms with Crippen molar-refractivity contribution in [3.05, 3.63) is 0 Å². The smallest absolute Gasteiger partial charge is 0.0495 e. The quantitative estimate of drug-likeness (QED) is 0.356. The molecular formula is C6H12N2O2. The van der Waals surface area contributed by atoms with Crippen molar-refractivity contribution in [3.63, 3.8) is 0 Å². The van der Waals surface area contributed by atoms with Crippen molar-refractivity contribution in [3.8, 4) is 0 Å². The minimum Gasteiger partial charge on any atom is -0.411 e. The summed E-state index contributed by atoms with van der Waals surface area (Å²) in [7, 11) is 0. The van der Waals surface area contributed by atoms with Crippen molar-refractivity contribution in [1.29, 1.82) is 0 Å². The number of hydrogen-bond donors (Lipinski definition) is 2. The normalized spacial score (nSPS) is 13.4. The van der Waals surface area contributed by atoms with E-state index in [1.165, 1.54) is 12.4 Å². The molecule has 0 aliphatic rings. The summed E-state index contributed by atoms with van der Waals surface area (Å²) < 4.78 is 0. The second kappa shape index (κ2) is 3.87. The summed E-state index contributed by atoms with van der Waals surface area (Å²) in [4.78, 5) is 0. The molecule has 4 heteroatoms. The Bertz CT molecular complexity index is 141. The fourth-order valence-corrected chi connectivity index (χ4v) is 0.485. The Kier molecular flexibility index (Phi) is 3.46. The highest BCUT2D eigenvalue weighted by molar-refractivity contribution is 5.70. The summed E-state index contributed by atoms with van der Waals surface area (Å²) >= 11 is 0. The molecule has 0 unspecified atom stereocenters. The molecule has 4 nitrogen and oxygen atoms in total. The molecule has 0 spiro atoms. The van der Waals surface area contributed by atoms with Crippen LogP contribution < -0.4 is 0 Å². The van der Waals surface area contributed by atoms with Crippen molar-refractivity contribution in [2.24, 2.45) is 15.7 Å². The molecule has 0 bridgehead atoms. The van der Waals surface area contributed by atoms with Gasteiger partial charge in [0.25, 0.3) is 0 Å². The van der Waals surface area contributed by atoms with Crippen LogP contribution in [0.2, 0.25) is 0 Å². The van der Waals surface area contributed by atoms with E-state index in [1.54, 1.807) is 0 Å². The van der Waals surface area contributed by atoms with Crippen LogP contribution in [0.1, 0.15) is 20.3 Å². The molecule has 58 valence electrons. The third kappa shape index (κ3) is 3.88. The van der Waals surface area contributed by atoms with Gasteiger partial charge in [0, 0.05) is 17.8 Å². The Morgan fingerprint density at radius 3 is 2.30 bits per heavy atom. The van der Waals surface area contributed by atoms with Gasteiger partial charge in [-0.15, -0.1) is 10.3 Å². The summed E-state index contributed by atoms with van der Waals surface area (Å²) in [5, 5.41) is 22.0. The highest BCUT2D eigenvalue weighted by Gasteiger charge is 2.12. The second-order valence-corrected chi connectivity index (χ2v) is 2.74. The molecule has 10 heavy (non-hydrogen) atoms. The Balaban J connectivity index is 3.86. The van der Waals surface area contributed by atoms with Gasteiger partial charge in [-0.3, -0.25) is 0 Å². The van der Waals surface area contributed by atoms with Crippen LogP contribution in [0.5, 0.6) is 0 Å². The molecule has 0 aliphatic carbocycles. The predicted molar refractivity (Wildman–Crippen MR) is 39.0 cm³/mol. The molecule has 0 aromatic heterocycles. The Morgan fingerprint density at radius 2 is 1.90 bits per heavy atom. The van der Waals surface area contributed by atoms with E-state index in [-0.39, 0.29) is 5.41 Å². The van der Waals surface area contributed by atoms with Gasteiger partial charge in [-0.1, -0.05) is 13.8 Å². The molecule has 2 N–H and O–H groups in total. The first kappa shape index (κ1) is 8.94. The lowest BCUT2D eigenvalue weighted by Gasteiger charge is -2.13. The maximum Gasteiger partial charge on any atom is 0.0495 e. The third-order valence-corrected chi connectivity index (χ3v) is 1.11. The molecule has 0 heterocycles. The molecule has 0 atom stereocenters. The van der Waals surface area contributed by atoms with E-state index in [0.29, 0.717) is 6.42 Å². The van der Waals surface area contributed by atoms with Crippen molar-refractivity contribution in [2.45, 2.75) is 20.3 Å². The van der Waals surface area contributed by atoms with E-state index in [0.717, 1.165) is 0 Å². The monoisotopic (exact) mass is 144 g/mol. The fraction of sp³-hybridized carbons (Fsp3) is 0.667. The van der Waals surface area contributed by atoms with Crippen molar-refractivity contribution < 1.29 is 10.4 Å². The maximum absolute atomic E-state index is 8.16. The van der Waals surface area contributed by atoms with Gasteiger partial charge < -0.3 is 10.4 Å². The van der Waals surface area contributed by atoms with Gasteiger partial charge >= 0.3 is 0 Å². The molecule has 0 aromatic carbocycles. The van der Waals surface area contributed by atoms with Crippen LogP contribution in [0, 0.1) is 5.41 Å². The molecule has 0 radical (unpaired) electrons. The second-order valence-electron chi connectivity index (χ2n) is 2.74. The first-order valence-electron chi connectivity index (χ1n) is 2.97. The first-order valence-corrected chi connectivity index (χ1v) is 2.97. The summed E-state index contributed by atoms with van der Waals surface area (Å²) in [6.45, 7) is 3.74. The number of rotatable bonds is 3. The Morgan fingerprint density at radius 1 is 1.30 bits per heavy atom. The largest absolute Gasteiger partial charge is 0.411 e. The van der Waals surface area contributed by atoms with E-state index in [4.69, 9.17) is 10.4 Å². The van der Waals surface area contributed by atoms with Crippen molar-refractivity contribution in [1.82, 2.24) is 0 Å². The molecule has 0 saturated carbocycles. The van der Waals surface area contributed by atoms with Gasteiger partial charge in [-0.2, -0.15) is 0 Å². The Hall–Kier alpha value is -1.06. The molecule has 0 amide bonds. The zero-order valence-corrected chi connectivity index (χ0v) is 6.15. The lowest BCUT2D eigenvalue weighted by atomic mass is 9.92. The minimum atomic E-state index is -0.249. The number of hydrogen-bond acceptors (Lipinski definition) is 4. The van der Waals surface area contributed by atoms with E-state index in [9.17, 15) is 0 Å². The van der Waals surface area contributed by atoms with E-state index in [1.807, 2.05) is 13.8 Å². The third-order valence-electron chi connectivity index (χ3n) is 1.11. The van der Waals surface area contributed by atoms with Gasteiger partial charge in [0.1, 0.15) is 0 Å². The van der Waals surface area contributed by atoms with Gasteiger partial charge in [-0.25, -0.2) is 0 Å². The average Bonchev–Trinajstić information content (AvgIpc) is 1.84. The van der Waals surface area contributed by atoms with Crippen molar-refractivity contribution >= 4 is 12.4 Å². The highest BCUT2D eigenvalue weighted by Crippen LogP contribution is 2.14. The summed E-state index contributed by atoms with van der Waals surface area (Å²) in [6, 6.07) is 0. The summed E-state index contributed by atoms with van der Waals surface area (Å²) in [6.07, 6.45) is 3.31. The van der Waals surface area contributed by atoms with Crippen LogP contribution >= 0.6 is 0 Å². The van der Waals surface area contributed by atoms with E-state index >= 15 is 0 Å². The van der Waals surface area contributed by atoms with E-state index in [2.05, 4.69) is 10.3 Å². The predicted octanol–water partition coefficient (Wildman–Crippen LogP) is 1.32. The lowest BCUT2D eigenvalue weighted by molar-refractivity contribution is 0.311. The van der Waals surface area contributed by atoms with Crippen molar-refractivity contribution in [2.75, 3.05) is 0 Å². The summed E-state index contributed by atoms with van der Waals surface area (Å²) in [5.74, 6) is 0. The van der Waals surface area contributed by atoms with Crippen LogP contribution in [-0.2, 0) is 0 Å². The standard InChI is InChI=1S/C6H12N2O2/c1-6(2,5-8-10)3-4-7-9/h4-5,9-10H,3H2,1-2H3/b7-4+,8-5+. The Labute approximate surface area is 59.9 Å². The van der Waals surface area contributed by atoms with Gasteiger partial charge in [0.2, 0.25) is 0 Å². The minimum absolute atomic E-state index is 0.249. The lowest BCUT2D eigenvalue weighted by Crippen LogP contribution is -2.13. The van der Waals surface area contributed by atoms with Gasteiger partial charge in [-0.05, 0) is 6.42 Å². The zero-order valence-electron chi connectivity index (χ0n) is 6.15. The van der Waals surface area contributed by atoms with E-state index < -0.39 is 0 Å². The highest BCUT2D eigenvalue weighted by atomic mass is 16.4. The molecule has 0 rings (SSSR count). The van der Waals surface area contributed by atoms with Crippen LogP contribution in [0.4, 0.5) is 0 Å². The summed E-state index contributed by atoms with van der Waals surface area (Å²) in [5.41, 5.74) is -0.249. The maximum atomic E-state index is 8.16.